The largest absolute Gasteiger partial charge is 0.480 e. The SMILES string of the molecule is CC1CCCN(S(=O)(=O)N2CC(=O)NCC2C(=O)O)C1. The van der Waals surface area contributed by atoms with Crippen molar-refractivity contribution < 1.29 is 23.1 Å². The van der Waals surface area contributed by atoms with Crippen LogP contribution in [0.2, 0.25) is 0 Å². The van der Waals surface area contributed by atoms with E-state index in [4.69, 9.17) is 5.11 Å². The molecule has 0 spiro atoms. The van der Waals surface area contributed by atoms with E-state index in [2.05, 4.69) is 5.32 Å². The van der Waals surface area contributed by atoms with Gasteiger partial charge in [0.15, 0.2) is 0 Å². The lowest BCUT2D eigenvalue weighted by molar-refractivity contribution is -0.143. The lowest BCUT2D eigenvalue weighted by atomic mass is 10.0. The number of nitrogens with one attached hydrogen (secondary N) is 1. The van der Waals surface area contributed by atoms with Gasteiger partial charge in [-0.3, -0.25) is 9.59 Å². The summed E-state index contributed by atoms with van der Waals surface area (Å²) >= 11 is 0. The number of piperazine rings is 1. The van der Waals surface area contributed by atoms with Crippen LogP contribution in [0.3, 0.4) is 0 Å². The maximum Gasteiger partial charge on any atom is 0.323 e. The first-order valence-corrected chi connectivity index (χ1v) is 7.98. The number of rotatable bonds is 3. The Bertz CT molecular complexity index is 506. The molecule has 0 aliphatic carbocycles. The standard InChI is InChI=1S/C11H19N3O5S/c1-8-3-2-4-13(6-8)20(18,19)14-7-10(15)12-5-9(14)11(16)17/h8-9H,2-7H2,1H3,(H,12,15)(H,16,17). The first-order valence-electron chi connectivity index (χ1n) is 6.59. The van der Waals surface area contributed by atoms with Crippen molar-refractivity contribution in [3.05, 3.63) is 0 Å². The van der Waals surface area contributed by atoms with Crippen LogP contribution in [0.1, 0.15) is 19.8 Å². The van der Waals surface area contributed by atoms with E-state index in [0.717, 1.165) is 17.1 Å². The highest BCUT2D eigenvalue weighted by Gasteiger charge is 2.43. The minimum atomic E-state index is -3.92. The van der Waals surface area contributed by atoms with Crippen LogP contribution in [-0.4, -0.2) is 66.2 Å². The van der Waals surface area contributed by atoms with Crippen LogP contribution in [0, 0.1) is 5.92 Å². The molecule has 2 aliphatic heterocycles. The summed E-state index contributed by atoms with van der Waals surface area (Å²) < 4.78 is 27.2. The zero-order valence-electron chi connectivity index (χ0n) is 11.3. The molecule has 2 aliphatic rings. The molecule has 2 atom stereocenters. The summed E-state index contributed by atoms with van der Waals surface area (Å²) in [6, 6.07) is -1.24. The lowest BCUT2D eigenvalue weighted by Crippen LogP contribution is -2.62. The van der Waals surface area contributed by atoms with Crippen molar-refractivity contribution in [1.29, 1.82) is 0 Å². The average Bonchev–Trinajstić information content (AvgIpc) is 2.38. The molecule has 20 heavy (non-hydrogen) atoms. The number of aliphatic carboxylic acids is 1. The number of nitrogens with zero attached hydrogens (tertiary/aromatic N) is 2. The van der Waals surface area contributed by atoms with E-state index >= 15 is 0 Å². The first kappa shape index (κ1) is 15.2. The van der Waals surface area contributed by atoms with Gasteiger partial charge in [0.2, 0.25) is 5.91 Å². The van der Waals surface area contributed by atoms with Gasteiger partial charge < -0.3 is 10.4 Å². The number of piperidine rings is 1. The Hall–Kier alpha value is -1.19. The second-order valence-electron chi connectivity index (χ2n) is 5.32. The summed E-state index contributed by atoms with van der Waals surface area (Å²) in [5.41, 5.74) is 0. The van der Waals surface area contributed by atoms with Gasteiger partial charge in [-0.1, -0.05) is 6.92 Å². The Morgan fingerprint density at radius 2 is 2.15 bits per heavy atom. The summed E-state index contributed by atoms with van der Waals surface area (Å²) in [6.45, 7) is 2.06. The highest BCUT2D eigenvalue weighted by atomic mass is 32.2. The molecular formula is C11H19N3O5S. The highest BCUT2D eigenvalue weighted by Crippen LogP contribution is 2.22. The second kappa shape index (κ2) is 5.66. The Labute approximate surface area is 117 Å². The van der Waals surface area contributed by atoms with Crippen LogP contribution in [0.5, 0.6) is 0 Å². The van der Waals surface area contributed by atoms with E-state index in [-0.39, 0.29) is 12.5 Å². The molecule has 0 aromatic carbocycles. The molecule has 2 N–H and O–H groups in total. The van der Waals surface area contributed by atoms with Gasteiger partial charge in [-0.25, -0.2) is 0 Å². The molecule has 8 nitrogen and oxygen atoms in total. The van der Waals surface area contributed by atoms with Crippen LogP contribution in [0.4, 0.5) is 0 Å². The zero-order chi connectivity index (χ0) is 14.9. The first-order chi connectivity index (χ1) is 9.32. The number of carbonyl (C=O) groups is 2. The van der Waals surface area contributed by atoms with E-state index < -0.39 is 34.7 Å². The van der Waals surface area contributed by atoms with E-state index in [1.807, 2.05) is 6.92 Å². The molecule has 0 bridgehead atoms. The van der Waals surface area contributed by atoms with Crippen molar-refractivity contribution in [2.24, 2.45) is 5.92 Å². The van der Waals surface area contributed by atoms with Crippen molar-refractivity contribution in [3.8, 4) is 0 Å². The van der Waals surface area contributed by atoms with E-state index in [9.17, 15) is 18.0 Å². The fourth-order valence-electron chi connectivity index (χ4n) is 2.58. The van der Waals surface area contributed by atoms with Gasteiger partial charge in [-0.05, 0) is 18.8 Å². The summed E-state index contributed by atoms with van der Waals surface area (Å²) in [5, 5.41) is 11.5. The molecule has 2 saturated heterocycles. The highest BCUT2D eigenvalue weighted by molar-refractivity contribution is 7.86. The summed E-state index contributed by atoms with van der Waals surface area (Å²) in [6.07, 6.45) is 1.70. The maximum absolute atomic E-state index is 12.6. The molecule has 0 aromatic heterocycles. The smallest absolute Gasteiger partial charge is 0.323 e. The minimum Gasteiger partial charge on any atom is -0.480 e. The zero-order valence-corrected chi connectivity index (χ0v) is 12.1. The monoisotopic (exact) mass is 305 g/mol. The molecule has 2 rings (SSSR count). The second-order valence-corrected chi connectivity index (χ2v) is 7.20. The normalized spacial score (nSPS) is 29.9. The third kappa shape index (κ3) is 2.94. The van der Waals surface area contributed by atoms with Gasteiger partial charge in [-0.15, -0.1) is 0 Å². The molecule has 0 aromatic rings. The van der Waals surface area contributed by atoms with Crippen molar-refractivity contribution in [3.63, 3.8) is 0 Å². The Morgan fingerprint density at radius 3 is 2.75 bits per heavy atom. The van der Waals surface area contributed by atoms with E-state index in [0.29, 0.717) is 13.1 Å². The number of carboxylic acid groups (broad SMARTS) is 1. The molecule has 2 fully saturated rings. The topological polar surface area (TPSA) is 107 Å². The summed E-state index contributed by atoms with van der Waals surface area (Å²) in [5.74, 6) is -1.49. The number of hydrogen-bond acceptors (Lipinski definition) is 4. The van der Waals surface area contributed by atoms with Crippen molar-refractivity contribution >= 4 is 22.1 Å². The predicted octanol–water partition coefficient (Wildman–Crippen LogP) is -1.15. The summed E-state index contributed by atoms with van der Waals surface area (Å²) in [7, 11) is -3.92. The number of hydrogen-bond donors (Lipinski definition) is 2. The van der Waals surface area contributed by atoms with E-state index in [1.54, 1.807) is 0 Å². The fraction of sp³-hybridized carbons (Fsp3) is 0.818. The molecule has 2 heterocycles. The third-order valence-electron chi connectivity index (χ3n) is 3.67. The van der Waals surface area contributed by atoms with Crippen molar-refractivity contribution in [1.82, 2.24) is 13.9 Å². The minimum absolute atomic E-state index is 0.198. The molecule has 0 saturated carbocycles. The molecular weight excluding hydrogens is 286 g/mol. The van der Waals surface area contributed by atoms with Gasteiger partial charge >= 0.3 is 5.97 Å². The molecule has 0 radical (unpaired) electrons. The van der Waals surface area contributed by atoms with Gasteiger partial charge in [0.1, 0.15) is 6.04 Å². The molecule has 1 amide bonds. The van der Waals surface area contributed by atoms with Crippen LogP contribution >= 0.6 is 0 Å². The van der Waals surface area contributed by atoms with Gasteiger partial charge in [0.05, 0.1) is 6.54 Å². The molecule has 114 valence electrons. The molecule has 9 heteroatoms. The average molecular weight is 305 g/mol. The molecule has 2 unspecified atom stereocenters. The lowest BCUT2D eigenvalue weighted by Gasteiger charge is -2.38. The number of carboxylic acids is 1. The predicted molar refractivity (Wildman–Crippen MR) is 70.0 cm³/mol. The Balaban J connectivity index is 2.24. The van der Waals surface area contributed by atoms with Crippen LogP contribution < -0.4 is 5.32 Å². The number of carbonyl (C=O) groups excluding carboxylic acids is 1. The van der Waals surface area contributed by atoms with Crippen LogP contribution in [0.25, 0.3) is 0 Å². The van der Waals surface area contributed by atoms with Gasteiger partial charge in [0, 0.05) is 19.6 Å². The van der Waals surface area contributed by atoms with Gasteiger partial charge in [0.25, 0.3) is 10.2 Å². The van der Waals surface area contributed by atoms with Gasteiger partial charge in [-0.2, -0.15) is 17.0 Å². The quantitative estimate of drug-likeness (QED) is 0.684. The third-order valence-corrected chi connectivity index (χ3v) is 5.63. The van der Waals surface area contributed by atoms with Crippen LogP contribution in [-0.2, 0) is 19.8 Å². The van der Waals surface area contributed by atoms with E-state index in [1.165, 1.54) is 4.31 Å². The van der Waals surface area contributed by atoms with Crippen molar-refractivity contribution in [2.45, 2.75) is 25.8 Å². The summed E-state index contributed by atoms with van der Waals surface area (Å²) in [4.78, 5) is 22.6. The number of amides is 1. The van der Waals surface area contributed by atoms with Crippen LogP contribution in [0.15, 0.2) is 0 Å². The van der Waals surface area contributed by atoms with Crippen molar-refractivity contribution in [2.75, 3.05) is 26.2 Å². The fourth-order valence-corrected chi connectivity index (χ4v) is 4.44. The Kier molecular flexibility index (Phi) is 4.31. The maximum atomic E-state index is 12.6. The Morgan fingerprint density at radius 1 is 1.45 bits per heavy atom.